The molecule has 0 spiro atoms. The van der Waals surface area contributed by atoms with Crippen LogP contribution < -0.4 is 0 Å². The van der Waals surface area contributed by atoms with Crippen LogP contribution in [0.4, 0.5) is 0 Å². The van der Waals surface area contributed by atoms with E-state index in [4.69, 9.17) is 15.5 Å². The van der Waals surface area contributed by atoms with Gasteiger partial charge in [0.1, 0.15) is 0 Å². The number of carboxylic acid groups (broad SMARTS) is 2. The molecule has 0 radical (unpaired) electrons. The molecule has 2 unspecified atom stereocenters. The van der Waals surface area contributed by atoms with Crippen molar-refractivity contribution >= 4 is 11.9 Å². The Balaban J connectivity index is 4.08. The number of aliphatic carboxylic acids is 2. The molecule has 0 saturated carbocycles. The van der Waals surface area contributed by atoms with Gasteiger partial charge in [-0.05, 0) is 12.8 Å². The highest BCUT2D eigenvalue weighted by Crippen LogP contribution is 2.16. The molecule has 0 aliphatic heterocycles. The highest BCUT2D eigenvalue weighted by Gasteiger charge is 2.23. The minimum atomic E-state index is -1.07. The van der Waals surface area contributed by atoms with Crippen LogP contribution in [-0.4, -0.2) is 34.0 Å². The van der Waals surface area contributed by atoms with Gasteiger partial charge in [0.05, 0.1) is 18.4 Å². The molecule has 0 aromatic rings. The summed E-state index contributed by atoms with van der Waals surface area (Å²) in [5.41, 5.74) is 0. The highest BCUT2D eigenvalue weighted by atomic mass is 17.1. The van der Waals surface area contributed by atoms with E-state index in [0.717, 1.165) is 0 Å². The first-order valence-corrected chi connectivity index (χ1v) is 4.21. The molecule has 0 saturated heterocycles. The van der Waals surface area contributed by atoms with Gasteiger partial charge in [-0.1, -0.05) is 6.92 Å². The molecular formula is C8H14O6. The zero-order valence-electron chi connectivity index (χ0n) is 7.84. The van der Waals surface area contributed by atoms with Gasteiger partial charge in [-0.15, -0.1) is 0 Å². The lowest BCUT2D eigenvalue weighted by atomic mass is 9.93. The van der Waals surface area contributed by atoms with Gasteiger partial charge < -0.3 is 10.2 Å². The van der Waals surface area contributed by atoms with Crippen LogP contribution >= 0.6 is 0 Å². The summed E-state index contributed by atoms with van der Waals surface area (Å²) in [6, 6.07) is 0. The molecule has 6 heteroatoms. The fourth-order valence-electron chi connectivity index (χ4n) is 1.06. The van der Waals surface area contributed by atoms with Crippen molar-refractivity contribution in [1.29, 1.82) is 0 Å². The molecule has 0 aromatic carbocycles. The standard InChI is InChI=1S/C8H14O6/c1-5(7(9)10)4-6(8(11)12)2-3-14-13/h5-6,13H,2-4H2,1H3,(H,9,10)(H,11,12). The molecule has 0 aliphatic carbocycles. The van der Waals surface area contributed by atoms with Gasteiger partial charge in [0.2, 0.25) is 0 Å². The molecule has 0 rings (SSSR count). The summed E-state index contributed by atoms with van der Waals surface area (Å²) in [5, 5.41) is 25.3. The lowest BCUT2D eigenvalue weighted by Gasteiger charge is -2.13. The third-order valence-corrected chi connectivity index (χ3v) is 1.97. The second-order valence-electron chi connectivity index (χ2n) is 3.13. The molecule has 0 aromatic heterocycles. The van der Waals surface area contributed by atoms with Gasteiger partial charge >= 0.3 is 11.9 Å². The Labute approximate surface area is 81.0 Å². The van der Waals surface area contributed by atoms with Crippen LogP contribution in [-0.2, 0) is 14.5 Å². The van der Waals surface area contributed by atoms with E-state index < -0.39 is 23.8 Å². The van der Waals surface area contributed by atoms with Crippen molar-refractivity contribution < 1.29 is 29.9 Å². The SMILES string of the molecule is CC(CC(CCOO)C(=O)O)C(=O)O. The summed E-state index contributed by atoms with van der Waals surface area (Å²) < 4.78 is 0. The van der Waals surface area contributed by atoms with Crippen molar-refractivity contribution in [3.05, 3.63) is 0 Å². The van der Waals surface area contributed by atoms with Crippen LogP contribution in [0.25, 0.3) is 0 Å². The van der Waals surface area contributed by atoms with Gasteiger partial charge in [0.15, 0.2) is 0 Å². The maximum Gasteiger partial charge on any atom is 0.306 e. The van der Waals surface area contributed by atoms with Crippen LogP contribution in [0, 0.1) is 11.8 Å². The van der Waals surface area contributed by atoms with E-state index >= 15 is 0 Å². The third kappa shape index (κ3) is 4.78. The molecule has 0 amide bonds. The Hall–Kier alpha value is -1.14. The molecule has 0 bridgehead atoms. The zero-order valence-corrected chi connectivity index (χ0v) is 7.84. The first kappa shape index (κ1) is 12.9. The second kappa shape index (κ2) is 6.33. The molecule has 6 nitrogen and oxygen atoms in total. The van der Waals surface area contributed by atoms with Gasteiger partial charge in [0.25, 0.3) is 0 Å². The molecule has 3 N–H and O–H groups in total. The van der Waals surface area contributed by atoms with Crippen molar-refractivity contribution in [3.63, 3.8) is 0 Å². The first-order chi connectivity index (χ1) is 6.49. The van der Waals surface area contributed by atoms with Crippen LogP contribution in [0.1, 0.15) is 19.8 Å². The van der Waals surface area contributed by atoms with Crippen LogP contribution in [0.15, 0.2) is 0 Å². The fraction of sp³-hybridized carbons (Fsp3) is 0.750. The number of rotatable bonds is 7. The summed E-state index contributed by atoms with van der Waals surface area (Å²) >= 11 is 0. The second-order valence-corrected chi connectivity index (χ2v) is 3.13. The van der Waals surface area contributed by atoms with Gasteiger partial charge in [0, 0.05) is 0 Å². The molecule has 82 valence electrons. The van der Waals surface area contributed by atoms with Crippen molar-refractivity contribution in [2.75, 3.05) is 6.61 Å². The minimum Gasteiger partial charge on any atom is -0.481 e. The molecule has 2 atom stereocenters. The lowest BCUT2D eigenvalue weighted by molar-refractivity contribution is -0.244. The average Bonchev–Trinajstić information content (AvgIpc) is 2.10. The monoisotopic (exact) mass is 206 g/mol. The van der Waals surface area contributed by atoms with E-state index in [-0.39, 0.29) is 19.4 Å². The van der Waals surface area contributed by atoms with E-state index in [0.29, 0.717) is 0 Å². The zero-order chi connectivity index (χ0) is 11.1. The fourth-order valence-corrected chi connectivity index (χ4v) is 1.06. The summed E-state index contributed by atoms with van der Waals surface area (Å²) in [4.78, 5) is 24.8. The molecule has 0 aliphatic rings. The molecule has 14 heavy (non-hydrogen) atoms. The Morgan fingerprint density at radius 1 is 1.29 bits per heavy atom. The normalized spacial score (nSPS) is 14.7. The number of carbonyl (C=O) groups is 2. The highest BCUT2D eigenvalue weighted by molar-refractivity contribution is 5.73. The number of hydrogen-bond donors (Lipinski definition) is 3. The topological polar surface area (TPSA) is 104 Å². The summed E-state index contributed by atoms with van der Waals surface area (Å²) in [7, 11) is 0. The van der Waals surface area contributed by atoms with Crippen molar-refractivity contribution in [3.8, 4) is 0 Å². The van der Waals surface area contributed by atoms with Gasteiger partial charge in [-0.2, -0.15) is 0 Å². The van der Waals surface area contributed by atoms with E-state index in [1.165, 1.54) is 6.92 Å². The largest absolute Gasteiger partial charge is 0.481 e. The van der Waals surface area contributed by atoms with Crippen LogP contribution in [0.2, 0.25) is 0 Å². The van der Waals surface area contributed by atoms with Gasteiger partial charge in [-0.3, -0.25) is 14.8 Å². The lowest BCUT2D eigenvalue weighted by Crippen LogP contribution is -2.22. The average molecular weight is 206 g/mol. The first-order valence-electron chi connectivity index (χ1n) is 4.21. The quantitative estimate of drug-likeness (QED) is 0.418. The van der Waals surface area contributed by atoms with E-state index in [1.807, 2.05) is 0 Å². The van der Waals surface area contributed by atoms with Crippen molar-refractivity contribution in [2.45, 2.75) is 19.8 Å². The molecule has 0 fully saturated rings. The predicted octanol–water partition coefficient (Wildman–Crippen LogP) is 0.678. The smallest absolute Gasteiger partial charge is 0.306 e. The van der Waals surface area contributed by atoms with E-state index in [2.05, 4.69) is 4.89 Å². The Morgan fingerprint density at radius 3 is 2.21 bits per heavy atom. The number of carboxylic acids is 2. The Morgan fingerprint density at radius 2 is 1.86 bits per heavy atom. The van der Waals surface area contributed by atoms with E-state index in [9.17, 15) is 9.59 Å². The minimum absolute atomic E-state index is 0.0357. The van der Waals surface area contributed by atoms with Gasteiger partial charge in [-0.25, -0.2) is 4.89 Å². The van der Waals surface area contributed by atoms with Crippen molar-refractivity contribution in [1.82, 2.24) is 0 Å². The van der Waals surface area contributed by atoms with Crippen molar-refractivity contribution in [2.24, 2.45) is 11.8 Å². The third-order valence-electron chi connectivity index (χ3n) is 1.97. The summed E-state index contributed by atoms with van der Waals surface area (Å²) in [5.74, 6) is -3.61. The van der Waals surface area contributed by atoms with Crippen LogP contribution in [0.3, 0.4) is 0 Å². The van der Waals surface area contributed by atoms with Crippen LogP contribution in [0.5, 0.6) is 0 Å². The molecular weight excluding hydrogens is 192 g/mol. The molecule has 0 heterocycles. The summed E-state index contributed by atoms with van der Waals surface area (Å²) in [6.45, 7) is 1.33. The maximum absolute atomic E-state index is 10.6. The number of hydrogen-bond acceptors (Lipinski definition) is 4. The Bertz CT molecular complexity index is 202. The Kier molecular flexibility index (Phi) is 5.82. The van der Waals surface area contributed by atoms with E-state index in [1.54, 1.807) is 0 Å². The summed E-state index contributed by atoms with van der Waals surface area (Å²) in [6.07, 6.45) is 0.136. The predicted molar refractivity (Wildman–Crippen MR) is 45.7 cm³/mol. The maximum atomic E-state index is 10.6.